The molecule has 5 heteroatoms. The van der Waals surface area contributed by atoms with Crippen LogP contribution in [0.15, 0.2) is 28.7 Å². The molecule has 3 nitrogen and oxygen atoms in total. The van der Waals surface area contributed by atoms with E-state index in [4.69, 9.17) is 17.3 Å². The molecule has 0 aliphatic heterocycles. The molecule has 0 radical (unpaired) electrons. The fourth-order valence-electron chi connectivity index (χ4n) is 2.33. The third-order valence-corrected chi connectivity index (χ3v) is 4.75. The van der Waals surface area contributed by atoms with Gasteiger partial charge in [-0.05, 0) is 47.8 Å². The lowest BCUT2D eigenvalue weighted by Gasteiger charge is -2.14. The zero-order valence-electron chi connectivity index (χ0n) is 11.7. The van der Waals surface area contributed by atoms with Crippen molar-refractivity contribution in [2.24, 2.45) is 5.73 Å². The van der Waals surface area contributed by atoms with E-state index in [1.807, 2.05) is 35.9 Å². The Bertz CT molecular complexity index is 595. The molecule has 2 rings (SSSR count). The minimum Gasteiger partial charge on any atom is -0.327 e. The lowest BCUT2D eigenvalue weighted by atomic mass is 10.0. The first kappa shape index (κ1) is 15.5. The van der Waals surface area contributed by atoms with Crippen LogP contribution in [0.4, 0.5) is 0 Å². The van der Waals surface area contributed by atoms with E-state index in [2.05, 4.69) is 28.0 Å². The van der Waals surface area contributed by atoms with Crippen molar-refractivity contribution in [2.45, 2.75) is 39.3 Å². The Morgan fingerprint density at radius 1 is 1.35 bits per heavy atom. The number of hydrogen-bond acceptors (Lipinski definition) is 2. The van der Waals surface area contributed by atoms with Gasteiger partial charge in [0, 0.05) is 24.0 Å². The Morgan fingerprint density at radius 2 is 2.05 bits per heavy atom. The van der Waals surface area contributed by atoms with E-state index >= 15 is 0 Å². The normalized spacial score (nSPS) is 12.7. The second kappa shape index (κ2) is 6.74. The van der Waals surface area contributed by atoms with Gasteiger partial charge >= 0.3 is 0 Å². The van der Waals surface area contributed by atoms with E-state index in [0.29, 0.717) is 0 Å². The van der Waals surface area contributed by atoms with Gasteiger partial charge in [-0.3, -0.25) is 4.68 Å². The van der Waals surface area contributed by atoms with Crippen molar-refractivity contribution >= 4 is 27.5 Å². The largest absolute Gasteiger partial charge is 0.327 e. The molecule has 0 saturated carbocycles. The highest BCUT2D eigenvalue weighted by Crippen LogP contribution is 2.23. The lowest BCUT2D eigenvalue weighted by Crippen LogP contribution is -2.27. The Labute approximate surface area is 133 Å². The molecule has 20 heavy (non-hydrogen) atoms. The van der Waals surface area contributed by atoms with Crippen LogP contribution >= 0.6 is 27.5 Å². The highest BCUT2D eigenvalue weighted by atomic mass is 79.9. The molecule has 0 fully saturated rings. The second-order valence-corrected chi connectivity index (χ2v) is 6.12. The average Bonchev–Trinajstić information content (AvgIpc) is 2.69. The quantitative estimate of drug-likeness (QED) is 0.887. The van der Waals surface area contributed by atoms with Gasteiger partial charge in [-0.2, -0.15) is 5.10 Å². The van der Waals surface area contributed by atoms with E-state index in [9.17, 15) is 0 Å². The fourth-order valence-corrected chi connectivity index (χ4v) is 2.99. The van der Waals surface area contributed by atoms with Crippen LogP contribution in [0.1, 0.15) is 23.9 Å². The van der Waals surface area contributed by atoms with Crippen molar-refractivity contribution < 1.29 is 0 Å². The zero-order chi connectivity index (χ0) is 14.7. The van der Waals surface area contributed by atoms with Crippen molar-refractivity contribution in [3.63, 3.8) is 0 Å². The van der Waals surface area contributed by atoms with Crippen LogP contribution in [0.25, 0.3) is 0 Å². The minimum absolute atomic E-state index is 0.0209. The highest BCUT2D eigenvalue weighted by Gasteiger charge is 2.16. The minimum atomic E-state index is 0.0209. The Kier molecular flexibility index (Phi) is 5.24. The summed E-state index contributed by atoms with van der Waals surface area (Å²) in [6, 6.07) is 7.88. The number of aryl methyl sites for hydroxylation is 2. The summed E-state index contributed by atoms with van der Waals surface area (Å²) in [4.78, 5) is 0. The Hall–Kier alpha value is -0.840. The first-order valence-corrected chi connectivity index (χ1v) is 7.90. The average molecular weight is 357 g/mol. The number of rotatable bonds is 5. The predicted octanol–water partition coefficient (Wildman–Crippen LogP) is 3.74. The smallest absolute Gasteiger partial charge is 0.0738 e. The Morgan fingerprint density at radius 3 is 2.70 bits per heavy atom. The molecule has 2 aromatic rings. The van der Waals surface area contributed by atoms with Gasteiger partial charge in [0.2, 0.25) is 0 Å². The molecule has 0 aliphatic carbocycles. The van der Waals surface area contributed by atoms with Crippen LogP contribution in [0.3, 0.4) is 0 Å². The number of nitrogens with zero attached hydrogens (tertiary/aromatic N) is 2. The maximum atomic E-state index is 6.29. The van der Waals surface area contributed by atoms with Gasteiger partial charge in [-0.1, -0.05) is 29.8 Å². The van der Waals surface area contributed by atoms with Gasteiger partial charge in [-0.25, -0.2) is 0 Å². The van der Waals surface area contributed by atoms with Gasteiger partial charge < -0.3 is 5.73 Å². The molecule has 108 valence electrons. The molecule has 0 saturated heterocycles. The van der Waals surface area contributed by atoms with Crippen molar-refractivity contribution in [1.82, 2.24) is 9.78 Å². The summed E-state index contributed by atoms with van der Waals surface area (Å²) < 4.78 is 3.07. The van der Waals surface area contributed by atoms with Crippen molar-refractivity contribution in [1.29, 1.82) is 0 Å². The van der Waals surface area contributed by atoms with E-state index in [1.54, 1.807) is 0 Å². The second-order valence-electron chi connectivity index (χ2n) is 4.92. The summed E-state index contributed by atoms with van der Waals surface area (Å²) in [6.45, 7) is 4.93. The number of aromatic nitrogens is 2. The highest BCUT2D eigenvalue weighted by molar-refractivity contribution is 9.10. The maximum Gasteiger partial charge on any atom is 0.0738 e. The van der Waals surface area contributed by atoms with E-state index in [-0.39, 0.29) is 6.04 Å². The molecule has 1 atom stereocenters. The molecular weight excluding hydrogens is 338 g/mol. The number of halogens is 2. The molecule has 2 N–H and O–H groups in total. The van der Waals surface area contributed by atoms with Crippen LogP contribution in [-0.2, 0) is 19.4 Å². The Balaban J connectivity index is 2.12. The molecule has 0 amide bonds. The van der Waals surface area contributed by atoms with Crippen LogP contribution < -0.4 is 5.73 Å². The van der Waals surface area contributed by atoms with Crippen molar-refractivity contribution in [2.75, 3.05) is 0 Å². The van der Waals surface area contributed by atoms with Crippen molar-refractivity contribution in [3.05, 3.63) is 50.7 Å². The summed E-state index contributed by atoms with van der Waals surface area (Å²) in [5.41, 5.74) is 9.55. The lowest BCUT2D eigenvalue weighted by molar-refractivity contribution is 0.573. The van der Waals surface area contributed by atoms with Gasteiger partial charge in [0.05, 0.1) is 15.9 Å². The first-order chi connectivity index (χ1) is 9.52. The molecule has 1 heterocycles. The third-order valence-electron chi connectivity index (χ3n) is 3.35. The van der Waals surface area contributed by atoms with Crippen LogP contribution in [0, 0.1) is 6.92 Å². The van der Waals surface area contributed by atoms with Crippen LogP contribution in [-0.4, -0.2) is 15.8 Å². The summed E-state index contributed by atoms with van der Waals surface area (Å²) in [6.07, 6.45) is 1.54. The molecule has 0 aliphatic rings. The SMILES string of the molecule is CCn1nc(C)c(Br)c1CC(N)Cc1ccccc1Cl. The monoisotopic (exact) mass is 355 g/mol. The molecule has 0 spiro atoms. The summed E-state index contributed by atoms with van der Waals surface area (Å²) in [5.74, 6) is 0. The zero-order valence-corrected chi connectivity index (χ0v) is 14.1. The van der Waals surface area contributed by atoms with Crippen LogP contribution in [0.2, 0.25) is 5.02 Å². The summed E-state index contributed by atoms with van der Waals surface area (Å²) >= 11 is 9.79. The van der Waals surface area contributed by atoms with Crippen molar-refractivity contribution in [3.8, 4) is 0 Å². The van der Waals surface area contributed by atoms with Crippen LogP contribution in [0.5, 0.6) is 0 Å². The van der Waals surface area contributed by atoms with Gasteiger partial charge in [0.1, 0.15) is 0 Å². The number of nitrogens with two attached hydrogens (primary N) is 1. The summed E-state index contributed by atoms with van der Waals surface area (Å²) in [5, 5.41) is 5.27. The van der Waals surface area contributed by atoms with Gasteiger partial charge in [0.15, 0.2) is 0 Å². The standard InChI is InChI=1S/C15H19BrClN3/c1-3-20-14(15(16)10(2)19-20)9-12(18)8-11-6-4-5-7-13(11)17/h4-7,12H,3,8-9,18H2,1-2H3. The number of hydrogen-bond donors (Lipinski definition) is 1. The summed E-state index contributed by atoms with van der Waals surface area (Å²) in [7, 11) is 0. The molecule has 0 bridgehead atoms. The van der Waals surface area contributed by atoms with E-state index in [1.165, 1.54) is 0 Å². The molecular formula is C15H19BrClN3. The van der Waals surface area contributed by atoms with E-state index in [0.717, 1.165) is 45.8 Å². The molecule has 1 aromatic heterocycles. The third kappa shape index (κ3) is 3.43. The van der Waals surface area contributed by atoms with E-state index < -0.39 is 0 Å². The van der Waals surface area contributed by atoms with Gasteiger partial charge in [0.25, 0.3) is 0 Å². The maximum absolute atomic E-state index is 6.29. The molecule has 1 unspecified atom stereocenters. The molecule has 1 aromatic carbocycles. The first-order valence-electron chi connectivity index (χ1n) is 6.73. The van der Waals surface area contributed by atoms with Gasteiger partial charge in [-0.15, -0.1) is 0 Å². The fraction of sp³-hybridized carbons (Fsp3) is 0.400. The predicted molar refractivity (Wildman–Crippen MR) is 87.2 cm³/mol. The topological polar surface area (TPSA) is 43.8 Å². The number of benzene rings is 1.